The van der Waals surface area contributed by atoms with Gasteiger partial charge in [-0.15, -0.1) is 0 Å². The minimum atomic E-state index is -3.22. The Morgan fingerprint density at radius 3 is 2.67 bits per heavy atom. The fraction of sp³-hybridized carbons (Fsp3) is 0.625. The standard InChI is InChI=1S/C16H24N2O2S/c1-12-9-14-7-8-18(16(14)10-15(12)17)21(19,20)11-13-5-3-2-4-6-13/h9-10,13H,2-8,11,17H2,1H3. The SMILES string of the molecule is Cc1cc2c(cc1N)N(S(=O)(=O)CC1CCCCC1)CC2. The molecule has 0 bridgehead atoms. The Bertz CT molecular complexity index is 634. The number of rotatable bonds is 3. The van der Waals surface area contributed by atoms with Gasteiger partial charge in [-0.1, -0.05) is 25.3 Å². The van der Waals surface area contributed by atoms with Crippen LogP contribution in [0.5, 0.6) is 0 Å². The molecule has 4 nitrogen and oxygen atoms in total. The number of nitrogen functional groups attached to an aromatic ring is 1. The lowest BCUT2D eigenvalue weighted by molar-refractivity contribution is 0.385. The van der Waals surface area contributed by atoms with E-state index >= 15 is 0 Å². The van der Waals surface area contributed by atoms with Crippen LogP contribution in [0.15, 0.2) is 12.1 Å². The number of anilines is 2. The van der Waals surface area contributed by atoms with Gasteiger partial charge in [0.1, 0.15) is 0 Å². The molecule has 21 heavy (non-hydrogen) atoms. The van der Waals surface area contributed by atoms with E-state index < -0.39 is 10.0 Å². The molecule has 1 aliphatic carbocycles. The van der Waals surface area contributed by atoms with Crippen LogP contribution >= 0.6 is 0 Å². The molecule has 1 saturated carbocycles. The molecule has 0 radical (unpaired) electrons. The zero-order chi connectivity index (χ0) is 15.0. The Hall–Kier alpha value is -1.23. The van der Waals surface area contributed by atoms with Gasteiger partial charge in [-0.3, -0.25) is 4.31 Å². The maximum atomic E-state index is 12.7. The van der Waals surface area contributed by atoms with Crippen molar-refractivity contribution in [2.45, 2.75) is 45.4 Å². The Morgan fingerprint density at radius 2 is 1.95 bits per heavy atom. The molecule has 1 aliphatic heterocycles. The highest BCUT2D eigenvalue weighted by molar-refractivity contribution is 7.92. The first-order valence-electron chi connectivity index (χ1n) is 7.87. The van der Waals surface area contributed by atoms with Gasteiger partial charge in [0.25, 0.3) is 0 Å². The Balaban J connectivity index is 1.83. The molecule has 3 rings (SSSR count). The molecular formula is C16H24N2O2S. The predicted octanol–water partition coefficient (Wildman–Crippen LogP) is 2.85. The van der Waals surface area contributed by atoms with Gasteiger partial charge in [0.05, 0.1) is 11.4 Å². The number of hydrogen-bond donors (Lipinski definition) is 1. The lowest BCUT2D eigenvalue weighted by atomic mass is 9.91. The maximum Gasteiger partial charge on any atom is 0.235 e. The average Bonchev–Trinajstić information content (AvgIpc) is 2.83. The molecule has 2 N–H and O–H groups in total. The van der Waals surface area contributed by atoms with Crippen LogP contribution < -0.4 is 10.0 Å². The van der Waals surface area contributed by atoms with E-state index in [0.29, 0.717) is 23.9 Å². The van der Waals surface area contributed by atoms with Gasteiger partial charge in [-0.2, -0.15) is 0 Å². The van der Waals surface area contributed by atoms with E-state index in [1.807, 2.05) is 19.1 Å². The summed E-state index contributed by atoms with van der Waals surface area (Å²) in [5.41, 5.74) is 9.57. The molecule has 0 unspecified atom stereocenters. The first-order chi connectivity index (χ1) is 9.97. The van der Waals surface area contributed by atoms with E-state index in [9.17, 15) is 8.42 Å². The summed E-state index contributed by atoms with van der Waals surface area (Å²) in [4.78, 5) is 0. The quantitative estimate of drug-likeness (QED) is 0.873. The summed E-state index contributed by atoms with van der Waals surface area (Å²) in [6, 6.07) is 3.86. The highest BCUT2D eigenvalue weighted by Crippen LogP contribution is 2.35. The second-order valence-electron chi connectivity index (χ2n) is 6.44. The molecule has 5 heteroatoms. The van der Waals surface area contributed by atoms with Crippen molar-refractivity contribution < 1.29 is 8.42 Å². The Kier molecular flexibility index (Phi) is 3.86. The number of hydrogen-bond acceptors (Lipinski definition) is 3. The number of sulfonamides is 1. The molecule has 1 fully saturated rings. The Labute approximate surface area is 127 Å². The van der Waals surface area contributed by atoms with E-state index in [0.717, 1.165) is 36.1 Å². The fourth-order valence-electron chi connectivity index (χ4n) is 3.58. The number of nitrogens with two attached hydrogens (primary N) is 1. The lowest BCUT2D eigenvalue weighted by Gasteiger charge is -2.26. The van der Waals surface area contributed by atoms with Crippen LogP contribution in [0.2, 0.25) is 0 Å². The number of nitrogens with zero attached hydrogens (tertiary/aromatic N) is 1. The van der Waals surface area contributed by atoms with Gasteiger partial charge in [0, 0.05) is 12.2 Å². The second-order valence-corrected chi connectivity index (χ2v) is 8.38. The van der Waals surface area contributed by atoms with Crippen LogP contribution in [0, 0.1) is 12.8 Å². The van der Waals surface area contributed by atoms with Gasteiger partial charge >= 0.3 is 0 Å². The lowest BCUT2D eigenvalue weighted by Crippen LogP contribution is -2.34. The summed E-state index contributed by atoms with van der Waals surface area (Å²) in [6.45, 7) is 2.53. The molecule has 0 spiro atoms. The van der Waals surface area contributed by atoms with Crippen molar-refractivity contribution in [2.24, 2.45) is 5.92 Å². The van der Waals surface area contributed by atoms with Gasteiger partial charge < -0.3 is 5.73 Å². The monoisotopic (exact) mass is 308 g/mol. The first kappa shape index (κ1) is 14.7. The second kappa shape index (κ2) is 5.52. The summed E-state index contributed by atoms with van der Waals surface area (Å²) >= 11 is 0. The fourth-order valence-corrected chi connectivity index (χ4v) is 5.53. The van der Waals surface area contributed by atoms with Crippen molar-refractivity contribution in [1.29, 1.82) is 0 Å². The number of aryl methyl sites for hydroxylation is 1. The zero-order valence-corrected chi connectivity index (χ0v) is 13.5. The Morgan fingerprint density at radius 1 is 1.24 bits per heavy atom. The van der Waals surface area contributed by atoms with E-state index in [4.69, 9.17) is 5.73 Å². The van der Waals surface area contributed by atoms with E-state index in [2.05, 4.69) is 0 Å². The van der Waals surface area contributed by atoms with Crippen LogP contribution in [0.3, 0.4) is 0 Å². The third-order valence-corrected chi connectivity index (χ3v) is 6.77. The molecule has 0 atom stereocenters. The normalized spacial score (nSPS) is 19.8. The minimum absolute atomic E-state index is 0.292. The van der Waals surface area contributed by atoms with Gasteiger partial charge in [0.15, 0.2) is 0 Å². The maximum absolute atomic E-state index is 12.7. The topological polar surface area (TPSA) is 63.4 Å². The third-order valence-electron chi connectivity index (χ3n) is 4.83. The summed E-state index contributed by atoms with van der Waals surface area (Å²) < 4.78 is 27.1. The van der Waals surface area contributed by atoms with Crippen LogP contribution in [0.25, 0.3) is 0 Å². The van der Waals surface area contributed by atoms with Crippen molar-refractivity contribution in [3.8, 4) is 0 Å². The van der Waals surface area contributed by atoms with Gasteiger partial charge in [-0.25, -0.2) is 8.42 Å². The molecule has 0 saturated heterocycles. The van der Waals surface area contributed by atoms with Crippen molar-refractivity contribution in [1.82, 2.24) is 0 Å². The van der Waals surface area contributed by atoms with Crippen molar-refractivity contribution in [3.05, 3.63) is 23.3 Å². The predicted molar refractivity (Wildman–Crippen MR) is 87.0 cm³/mol. The van der Waals surface area contributed by atoms with Crippen LogP contribution in [0.4, 0.5) is 11.4 Å². The smallest absolute Gasteiger partial charge is 0.235 e. The molecule has 1 aromatic rings. The minimum Gasteiger partial charge on any atom is -0.398 e. The van der Waals surface area contributed by atoms with Crippen LogP contribution in [-0.2, 0) is 16.4 Å². The average molecular weight is 308 g/mol. The molecular weight excluding hydrogens is 284 g/mol. The third kappa shape index (κ3) is 2.89. The first-order valence-corrected chi connectivity index (χ1v) is 9.48. The van der Waals surface area contributed by atoms with E-state index in [1.165, 1.54) is 19.3 Å². The molecule has 1 heterocycles. The highest BCUT2D eigenvalue weighted by atomic mass is 32.2. The molecule has 2 aliphatic rings. The van der Waals surface area contributed by atoms with Crippen LogP contribution in [0.1, 0.15) is 43.2 Å². The van der Waals surface area contributed by atoms with Crippen LogP contribution in [-0.4, -0.2) is 20.7 Å². The molecule has 0 aromatic heterocycles. The largest absolute Gasteiger partial charge is 0.398 e. The number of fused-ring (bicyclic) bond motifs is 1. The van der Waals surface area contributed by atoms with E-state index in [-0.39, 0.29) is 0 Å². The summed E-state index contributed by atoms with van der Waals surface area (Å²) in [7, 11) is -3.22. The molecule has 116 valence electrons. The summed E-state index contributed by atoms with van der Waals surface area (Å²) in [6.07, 6.45) is 6.48. The van der Waals surface area contributed by atoms with Gasteiger partial charge in [0.2, 0.25) is 10.0 Å². The van der Waals surface area contributed by atoms with Crippen molar-refractivity contribution in [3.63, 3.8) is 0 Å². The zero-order valence-electron chi connectivity index (χ0n) is 12.6. The highest BCUT2D eigenvalue weighted by Gasteiger charge is 2.32. The molecule has 1 aromatic carbocycles. The van der Waals surface area contributed by atoms with Crippen molar-refractivity contribution in [2.75, 3.05) is 22.3 Å². The summed E-state index contributed by atoms with van der Waals surface area (Å²) in [5.74, 6) is 0.621. The van der Waals surface area contributed by atoms with Crippen molar-refractivity contribution >= 4 is 21.4 Å². The number of benzene rings is 1. The van der Waals surface area contributed by atoms with E-state index in [1.54, 1.807) is 4.31 Å². The van der Waals surface area contributed by atoms with Gasteiger partial charge in [-0.05, 0) is 49.3 Å². The molecule has 0 amide bonds. The summed E-state index contributed by atoms with van der Waals surface area (Å²) in [5, 5.41) is 0.